The minimum Gasteiger partial charge on any atom is -0.481 e. The van der Waals surface area contributed by atoms with Gasteiger partial charge < -0.3 is 10.5 Å². The van der Waals surface area contributed by atoms with Crippen molar-refractivity contribution < 1.29 is 4.74 Å². The Labute approximate surface area is 116 Å². The molecule has 2 heterocycles. The maximum atomic E-state index is 6.22. The van der Waals surface area contributed by atoms with Gasteiger partial charge >= 0.3 is 0 Å². The Kier molecular flexibility index (Phi) is 3.18. The van der Waals surface area contributed by atoms with Crippen molar-refractivity contribution in [2.75, 3.05) is 26.2 Å². The number of ether oxygens (including phenoxy) is 1. The van der Waals surface area contributed by atoms with Crippen LogP contribution in [0, 0.1) is 0 Å². The van der Waals surface area contributed by atoms with Crippen LogP contribution < -0.4 is 10.5 Å². The molecule has 1 unspecified atom stereocenters. The number of rotatable bonds is 2. The number of hydrogen-bond donors (Lipinski definition) is 1. The van der Waals surface area contributed by atoms with Gasteiger partial charge in [0.25, 0.3) is 0 Å². The fourth-order valence-electron chi connectivity index (χ4n) is 2.71. The summed E-state index contributed by atoms with van der Waals surface area (Å²) < 4.78 is 7.31. The van der Waals surface area contributed by atoms with Crippen molar-refractivity contribution >= 4 is 22.0 Å². The summed E-state index contributed by atoms with van der Waals surface area (Å²) in [5, 5.41) is 0. The Balaban J connectivity index is 1.82. The van der Waals surface area contributed by atoms with E-state index >= 15 is 0 Å². The number of benzene rings is 1. The Morgan fingerprint density at radius 1 is 1.44 bits per heavy atom. The summed E-state index contributed by atoms with van der Waals surface area (Å²) in [5.41, 5.74) is 6.62. The lowest BCUT2D eigenvalue weighted by atomic mass is 9.97. The number of hydrogen-bond acceptors (Lipinski definition) is 3. The largest absolute Gasteiger partial charge is 0.481 e. The molecule has 18 heavy (non-hydrogen) atoms. The van der Waals surface area contributed by atoms with Crippen LogP contribution in [0.1, 0.15) is 12.0 Å². The highest BCUT2D eigenvalue weighted by atomic mass is 79.9. The molecule has 1 fully saturated rings. The first-order valence-corrected chi connectivity index (χ1v) is 7.10. The monoisotopic (exact) mass is 308 g/mol. The van der Waals surface area contributed by atoms with Crippen molar-refractivity contribution in [3.05, 3.63) is 34.3 Å². The van der Waals surface area contributed by atoms with Gasteiger partial charge in [-0.2, -0.15) is 0 Å². The lowest BCUT2D eigenvalue weighted by Gasteiger charge is -2.31. The van der Waals surface area contributed by atoms with E-state index in [-0.39, 0.29) is 5.60 Å². The van der Waals surface area contributed by atoms with Crippen molar-refractivity contribution in [3.63, 3.8) is 0 Å². The molecule has 2 aliphatic heterocycles. The SMILES string of the molecule is NCCN1CCC2(C=Cc3cc(Br)ccc3O2)C1. The van der Waals surface area contributed by atoms with Crippen molar-refractivity contribution in [2.45, 2.75) is 12.0 Å². The molecule has 1 atom stereocenters. The van der Waals surface area contributed by atoms with Gasteiger partial charge in [0.1, 0.15) is 11.4 Å². The van der Waals surface area contributed by atoms with Gasteiger partial charge in [-0.1, -0.05) is 22.0 Å². The van der Waals surface area contributed by atoms with Crippen LogP contribution in [0.3, 0.4) is 0 Å². The molecule has 2 aliphatic rings. The summed E-state index contributed by atoms with van der Waals surface area (Å²) in [6.07, 6.45) is 5.42. The predicted octanol–water partition coefficient (Wildman–Crippen LogP) is 2.26. The molecule has 3 nitrogen and oxygen atoms in total. The Bertz CT molecular complexity index is 489. The van der Waals surface area contributed by atoms with E-state index in [0.717, 1.165) is 41.8 Å². The Morgan fingerprint density at radius 2 is 2.33 bits per heavy atom. The molecule has 2 N–H and O–H groups in total. The third-order valence-corrected chi connectivity index (χ3v) is 4.13. The van der Waals surface area contributed by atoms with Crippen molar-refractivity contribution in [1.82, 2.24) is 4.90 Å². The van der Waals surface area contributed by atoms with Crippen LogP contribution in [0.25, 0.3) is 6.08 Å². The third-order valence-electron chi connectivity index (χ3n) is 3.64. The summed E-state index contributed by atoms with van der Waals surface area (Å²) in [6.45, 7) is 3.67. The van der Waals surface area contributed by atoms with E-state index in [1.54, 1.807) is 0 Å². The lowest BCUT2D eigenvalue weighted by molar-refractivity contribution is 0.123. The van der Waals surface area contributed by atoms with E-state index in [1.807, 2.05) is 12.1 Å². The quantitative estimate of drug-likeness (QED) is 0.911. The van der Waals surface area contributed by atoms with Crippen LogP contribution in [-0.2, 0) is 0 Å². The van der Waals surface area contributed by atoms with Gasteiger partial charge in [-0.25, -0.2) is 0 Å². The molecule has 3 rings (SSSR count). The molecule has 0 bridgehead atoms. The molecule has 96 valence electrons. The summed E-state index contributed by atoms with van der Waals surface area (Å²) in [7, 11) is 0. The van der Waals surface area contributed by atoms with Gasteiger partial charge in [-0.05, 0) is 24.3 Å². The molecule has 0 amide bonds. The van der Waals surface area contributed by atoms with Crippen molar-refractivity contribution in [3.8, 4) is 5.75 Å². The van der Waals surface area contributed by atoms with Crippen LogP contribution in [0.4, 0.5) is 0 Å². The second-order valence-corrected chi connectivity index (χ2v) is 5.91. The van der Waals surface area contributed by atoms with E-state index in [2.05, 4.69) is 39.0 Å². The summed E-state index contributed by atoms with van der Waals surface area (Å²) in [5.74, 6) is 0.982. The predicted molar refractivity (Wildman–Crippen MR) is 76.6 cm³/mol. The Morgan fingerprint density at radius 3 is 3.17 bits per heavy atom. The van der Waals surface area contributed by atoms with Gasteiger partial charge in [-0.3, -0.25) is 4.90 Å². The van der Waals surface area contributed by atoms with E-state index < -0.39 is 0 Å². The van der Waals surface area contributed by atoms with Crippen LogP contribution in [-0.4, -0.2) is 36.7 Å². The summed E-state index contributed by atoms with van der Waals surface area (Å²) in [6, 6.07) is 6.15. The first-order chi connectivity index (χ1) is 8.71. The maximum absolute atomic E-state index is 6.22. The van der Waals surface area contributed by atoms with Gasteiger partial charge in [0, 0.05) is 42.6 Å². The fraction of sp³-hybridized carbons (Fsp3) is 0.429. The van der Waals surface area contributed by atoms with Crippen molar-refractivity contribution in [2.24, 2.45) is 5.73 Å². The number of likely N-dealkylation sites (tertiary alicyclic amines) is 1. The zero-order valence-electron chi connectivity index (χ0n) is 10.2. The summed E-state index contributed by atoms with van der Waals surface area (Å²) >= 11 is 3.48. The first-order valence-electron chi connectivity index (χ1n) is 6.31. The average Bonchev–Trinajstić information content (AvgIpc) is 2.74. The highest BCUT2D eigenvalue weighted by molar-refractivity contribution is 9.10. The average molecular weight is 309 g/mol. The standard InChI is InChI=1S/C14H17BrN2O/c15-12-1-2-13-11(9-12)3-4-14(18-13)5-7-17(10-14)8-6-16/h1-4,9H,5-8,10,16H2. The molecule has 0 radical (unpaired) electrons. The van der Waals surface area contributed by atoms with E-state index in [4.69, 9.17) is 10.5 Å². The molecular formula is C14H17BrN2O. The lowest BCUT2D eigenvalue weighted by Crippen LogP contribution is -2.39. The van der Waals surface area contributed by atoms with Crippen LogP contribution >= 0.6 is 15.9 Å². The number of halogens is 1. The smallest absolute Gasteiger partial charge is 0.141 e. The number of nitrogens with two attached hydrogens (primary N) is 1. The van der Waals surface area contributed by atoms with E-state index in [0.29, 0.717) is 6.54 Å². The van der Waals surface area contributed by atoms with Crippen LogP contribution in [0.5, 0.6) is 5.75 Å². The molecule has 1 aromatic carbocycles. The van der Waals surface area contributed by atoms with E-state index in [9.17, 15) is 0 Å². The second-order valence-electron chi connectivity index (χ2n) is 5.00. The zero-order chi connectivity index (χ0) is 12.6. The molecule has 4 heteroatoms. The topological polar surface area (TPSA) is 38.5 Å². The van der Waals surface area contributed by atoms with Crippen LogP contribution in [0.2, 0.25) is 0 Å². The second kappa shape index (κ2) is 4.68. The Hall–Kier alpha value is -0.840. The molecular weight excluding hydrogens is 292 g/mol. The normalized spacial score (nSPS) is 26.3. The molecule has 1 aromatic rings. The number of fused-ring (bicyclic) bond motifs is 1. The van der Waals surface area contributed by atoms with Gasteiger partial charge in [0.15, 0.2) is 0 Å². The highest BCUT2D eigenvalue weighted by Crippen LogP contribution is 2.37. The minimum absolute atomic E-state index is 0.143. The molecule has 0 aromatic heterocycles. The van der Waals surface area contributed by atoms with Gasteiger partial charge in [-0.15, -0.1) is 0 Å². The minimum atomic E-state index is -0.143. The van der Waals surface area contributed by atoms with Gasteiger partial charge in [0.05, 0.1) is 0 Å². The molecule has 1 spiro atoms. The molecule has 0 aliphatic carbocycles. The number of nitrogens with zero attached hydrogens (tertiary/aromatic N) is 1. The maximum Gasteiger partial charge on any atom is 0.141 e. The van der Waals surface area contributed by atoms with Crippen LogP contribution in [0.15, 0.2) is 28.7 Å². The van der Waals surface area contributed by atoms with Gasteiger partial charge in [0.2, 0.25) is 0 Å². The highest BCUT2D eigenvalue weighted by Gasteiger charge is 2.39. The summed E-state index contributed by atoms with van der Waals surface area (Å²) in [4.78, 5) is 2.37. The van der Waals surface area contributed by atoms with Crippen molar-refractivity contribution in [1.29, 1.82) is 0 Å². The zero-order valence-corrected chi connectivity index (χ0v) is 11.8. The third kappa shape index (κ3) is 2.20. The first kappa shape index (κ1) is 12.2. The van der Waals surface area contributed by atoms with E-state index in [1.165, 1.54) is 0 Å². The molecule has 1 saturated heterocycles. The fourth-order valence-corrected chi connectivity index (χ4v) is 3.09. The molecule has 0 saturated carbocycles.